The SMILES string of the molecule is C#CCO[C@@H]1O[C@@H](CO)[C@@H](O[C@@H]2OC(CO[C@]3(C(=O)O)C[C@@H](O)[C@@H](C)C([C@H](O)[C@H](O)CO)O3)[C@H](O)[C@H](O)C2O)C(O)C1O. The van der Waals surface area contributed by atoms with Crippen LogP contribution in [0.15, 0.2) is 0 Å². The summed E-state index contributed by atoms with van der Waals surface area (Å²) in [5.41, 5.74) is 0. The lowest BCUT2D eigenvalue weighted by atomic mass is 9.84. The number of hydrogen-bond acceptors (Lipinski definition) is 17. The monoisotopic (exact) mass is 628 g/mol. The number of carboxylic acids is 1. The van der Waals surface area contributed by atoms with E-state index in [1.807, 2.05) is 0 Å². The Labute approximate surface area is 245 Å². The van der Waals surface area contributed by atoms with Gasteiger partial charge in [-0.15, -0.1) is 6.42 Å². The van der Waals surface area contributed by atoms with E-state index in [0.29, 0.717) is 0 Å². The van der Waals surface area contributed by atoms with Gasteiger partial charge in [0.05, 0.1) is 32.0 Å². The maximum Gasteiger partial charge on any atom is 0.364 e. The van der Waals surface area contributed by atoms with Crippen LogP contribution >= 0.6 is 0 Å². The molecule has 43 heavy (non-hydrogen) atoms. The molecular weight excluding hydrogens is 588 g/mol. The first kappa shape index (κ1) is 35.9. The Morgan fingerprint density at radius 2 is 1.60 bits per heavy atom. The quantitative estimate of drug-likeness (QED) is 0.0895. The Bertz CT molecular complexity index is 946. The highest BCUT2D eigenvalue weighted by Crippen LogP contribution is 2.37. The molecular formula is C25H40O18. The van der Waals surface area contributed by atoms with E-state index in [2.05, 4.69) is 5.92 Å². The maximum absolute atomic E-state index is 12.3. The highest BCUT2D eigenvalue weighted by atomic mass is 16.8. The van der Waals surface area contributed by atoms with Gasteiger partial charge in [0.15, 0.2) is 12.6 Å². The summed E-state index contributed by atoms with van der Waals surface area (Å²) in [6, 6.07) is 0. The molecule has 18 heteroatoms. The molecule has 5 unspecified atom stereocenters. The standard InChI is InChI=1S/C25H40O18/c1-3-4-38-22-19(35)17(33)21(12(7-27)40-22)42-23-18(34)16(32)15(31)13(41-23)8-39-25(24(36)37)5-10(28)9(2)20(43-25)14(30)11(29)6-26/h1,9-23,26-35H,4-8H2,2H3,(H,36,37)/t9-,10-,11-,12+,13?,14-,15+,16+,17?,18?,19?,20?,21-,22-,23+,25-/m1/s1. The number of aliphatic hydroxyl groups excluding tert-OH is 10. The number of aliphatic hydroxyl groups is 10. The first-order chi connectivity index (χ1) is 20.2. The van der Waals surface area contributed by atoms with Crippen molar-refractivity contribution in [2.24, 2.45) is 5.92 Å². The molecule has 3 aliphatic rings. The van der Waals surface area contributed by atoms with Crippen molar-refractivity contribution in [1.82, 2.24) is 0 Å². The Hall–Kier alpha value is -1.61. The van der Waals surface area contributed by atoms with Gasteiger partial charge in [0.25, 0.3) is 5.79 Å². The van der Waals surface area contributed by atoms with E-state index >= 15 is 0 Å². The molecule has 3 aliphatic heterocycles. The van der Waals surface area contributed by atoms with E-state index in [0.717, 1.165) is 0 Å². The molecule has 16 atom stereocenters. The van der Waals surface area contributed by atoms with Crippen molar-refractivity contribution in [3.8, 4) is 12.3 Å². The number of carbonyl (C=O) groups is 1. The maximum atomic E-state index is 12.3. The highest BCUT2D eigenvalue weighted by molar-refractivity contribution is 5.76. The number of ether oxygens (including phenoxy) is 6. The van der Waals surface area contributed by atoms with Crippen molar-refractivity contribution in [2.75, 3.05) is 26.4 Å². The molecule has 3 rings (SSSR count). The van der Waals surface area contributed by atoms with Gasteiger partial charge >= 0.3 is 5.97 Å². The van der Waals surface area contributed by atoms with Crippen LogP contribution in [-0.4, -0.2) is 180 Å². The number of rotatable bonds is 12. The molecule has 18 nitrogen and oxygen atoms in total. The summed E-state index contributed by atoms with van der Waals surface area (Å²) in [5.74, 6) is -3.21. The van der Waals surface area contributed by atoms with Crippen LogP contribution in [0.2, 0.25) is 0 Å². The molecule has 3 heterocycles. The fraction of sp³-hybridized carbons (Fsp3) is 0.880. The third-order valence-corrected chi connectivity index (χ3v) is 7.77. The zero-order valence-electron chi connectivity index (χ0n) is 23.1. The van der Waals surface area contributed by atoms with Gasteiger partial charge in [-0.1, -0.05) is 12.8 Å². The number of aliphatic carboxylic acids is 1. The minimum absolute atomic E-state index is 0.298. The largest absolute Gasteiger partial charge is 0.477 e. The second-order valence-corrected chi connectivity index (χ2v) is 10.7. The average Bonchev–Trinajstić information content (AvgIpc) is 2.99. The van der Waals surface area contributed by atoms with E-state index in [1.54, 1.807) is 0 Å². The van der Waals surface area contributed by atoms with Crippen molar-refractivity contribution >= 4 is 5.97 Å². The first-order valence-electron chi connectivity index (χ1n) is 13.5. The van der Waals surface area contributed by atoms with Crippen molar-refractivity contribution in [2.45, 2.75) is 105 Å². The van der Waals surface area contributed by atoms with Gasteiger partial charge < -0.3 is 84.6 Å². The molecule has 0 aromatic rings. The van der Waals surface area contributed by atoms with Gasteiger partial charge in [-0.05, 0) is 0 Å². The van der Waals surface area contributed by atoms with E-state index in [9.17, 15) is 61.0 Å². The lowest BCUT2D eigenvalue weighted by Crippen LogP contribution is -2.65. The summed E-state index contributed by atoms with van der Waals surface area (Å²) < 4.78 is 32.5. The normalized spacial score (nSPS) is 45.2. The third kappa shape index (κ3) is 7.62. The molecule has 0 radical (unpaired) electrons. The third-order valence-electron chi connectivity index (χ3n) is 7.77. The highest BCUT2D eigenvalue weighted by Gasteiger charge is 2.56. The number of terminal acetylenes is 1. The zero-order valence-corrected chi connectivity index (χ0v) is 23.1. The first-order valence-corrected chi connectivity index (χ1v) is 13.5. The minimum Gasteiger partial charge on any atom is -0.477 e. The predicted octanol–water partition coefficient (Wildman–Crippen LogP) is -6.43. The van der Waals surface area contributed by atoms with Gasteiger partial charge in [0.2, 0.25) is 0 Å². The molecule has 0 bridgehead atoms. The summed E-state index contributed by atoms with van der Waals surface area (Å²) >= 11 is 0. The Morgan fingerprint density at radius 3 is 2.19 bits per heavy atom. The second-order valence-electron chi connectivity index (χ2n) is 10.7. The molecule has 0 saturated carbocycles. The van der Waals surface area contributed by atoms with Crippen LogP contribution in [0.1, 0.15) is 13.3 Å². The number of hydrogen-bond donors (Lipinski definition) is 11. The molecule has 0 aromatic carbocycles. The Morgan fingerprint density at radius 1 is 0.977 bits per heavy atom. The van der Waals surface area contributed by atoms with Gasteiger partial charge in [-0.3, -0.25) is 0 Å². The van der Waals surface area contributed by atoms with Crippen LogP contribution in [0.5, 0.6) is 0 Å². The van der Waals surface area contributed by atoms with Gasteiger partial charge in [0.1, 0.15) is 67.6 Å². The van der Waals surface area contributed by atoms with Crippen LogP contribution in [-0.2, 0) is 33.2 Å². The minimum atomic E-state index is -2.67. The van der Waals surface area contributed by atoms with Crippen LogP contribution in [0.3, 0.4) is 0 Å². The molecule has 3 saturated heterocycles. The Kier molecular flexibility index (Phi) is 12.6. The average molecular weight is 629 g/mol. The Balaban J connectivity index is 1.76. The molecule has 0 amide bonds. The van der Waals surface area contributed by atoms with Crippen LogP contribution in [0, 0.1) is 18.3 Å². The molecule has 0 aliphatic carbocycles. The van der Waals surface area contributed by atoms with Crippen molar-refractivity contribution in [3.63, 3.8) is 0 Å². The summed E-state index contributed by atoms with van der Waals surface area (Å²) in [6.45, 7) is -1.44. The topological polar surface area (TPSA) is 295 Å². The van der Waals surface area contributed by atoms with E-state index < -0.39 is 130 Å². The van der Waals surface area contributed by atoms with Gasteiger partial charge in [-0.2, -0.15) is 0 Å². The summed E-state index contributed by atoms with van der Waals surface area (Å²) in [4.78, 5) is 12.3. The molecule has 11 N–H and O–H groups in total. The summed E-state index contributed by atoms with van der Waals surface area (Å²) in [7, 11) is 0. The number of carboxylic acid groups (broad SMARTS) is 1. The summed E-state index contributed by atoms with van der Waals surface area (Å²) in [6.07, 6.45) is -19.4. The van der Waals surface area contributed by atoms with E-state index in [4.69, 9.17) is 34.8 Å². The second kappa shape index (κ2) is 15.1. The van der Waals surface area contributed by atoms with Crippen molar-refractivity contribution in [3.05, 3.63) is 0 Å². The molecule has 0 aromatic heterocycles. The molecule has 3 fully saturated rings. The van der Waals surface area contributed by atoms with Crippen LogP contribution in [0.25, 0.3) is 0 Å². The van der Waals surface area contributed by atoms with Gasteiger partial charge in [0, 0.05) is 12.3 Å². The fourth-order valence-corrected chi connectivity index (χ4v) is 5.08. The molecule has 248 valence electrons. The lowest BCUT2D eigenvalue weighted by Gasteiger charge is -2.47. The van der Waals surface area contributed by atoms with Crippen LogP contribution in [0.4, 0.5) is 0 Å². The van der Waals surface area contributed by atoms with E-state index in [-0.39, 0.29) is 6.61 Å². The van der Waals surface area contributed by atoms with Crippen molar-refractivity contribution < 1.29 is 89.4 Å². The molecule has 0 spiro atoms. The fourth-order valence-electron chi connectivity index (χ4n) is 5.08. The lowest BCUT2D eigenvalue weighted by molar-refractivity contribution is -0.367. The summed E-state index contributed by atoms with van der Waals surface area (Å²) in [5, 5.41) is 112. The van der Waals surface area contributed by atoms with Crippen LogP contribution < -0.4 is 0 Å². The van der Waals surface area contributed by atoms with Crippen molar-refractivity contribution in [1.29, 1.82) is 0 Å². The van der Waals surface area contributed by atoms with Gasteiger partial charge in [-0.25, -0.2) is 4.79 Å². The van der Waals surface area contributed by atoms with E-state index in [1.165, 1.54) is 6.92 Å². The smallest absolute Gasteiger partial charge is 0.364 e. The predicted molar refractivity (Wildman–Crippen MR) is 134 cm³/mol. The zero-order chi connectivity index (χ0) is 32.2.